The van der Waals surface area contributed by atoms with E-state index < -0.39 is 0 Å². The fourth-order valence-corrected chi connectivity index (χ4v) is 4.52. The third-order valence-electron chi connectivity index (χ3n) is 5.82. The van der Waals surface area contributed by atoms with E-state index in [4.69, 9.17) is 4.74 Å². The summed E-state index contributed by atoms with van der Waals surface area (Å²) in [6.45, 7) is 10.7. The molecule has 1 heterocycles. The second-order valence-electron chi connectivity index (χ2n) is 8.08. The number of aromatic nitrogens is 3. The molecule has 4 aromatic rings. The highest BCUT2D eigenvalue weighted by Crippen LogP contribution is 2.28. The first-order chi connectivity index (χ1) is 16.5. The number of anilines is 1. The van der Waals surface area contributed by atoms with E-state index in [0.29, 0.717) is 17.5 Å². The lowest BCUT2D eigenvalue weighted by atomic mass is 10.0. The quantitative estimate of drug-likeness (QED) is 0.244. The lowest BCUT2D eigenvalue weighted by molar-refractivity contribution is -0.113. The minimum atomic E-state index is -0.0866. The van der Waals surface area contributed by atoms with Crippen LogP contribution in [-0.4, -0.2) is 26.4 Å². The van der Waals surface area contributed by atoms with Crippen molar-refractivity contribution in [2.45, 2.75) is 39.1 Å². The van der Waals surface area contributed by atoms with Crippen LogP contribution in [0.3, 0.4) is 0 Å². The maximum absolute atomic E-state index is 12.5. The van der Waals surface area contributed by atoms with Gasteiger partial charge < -0.3 is 10.1 Å². The van der Waals surface area contributed by atoms with Gasteiger partial charge in [-0.3, -0.25) is 9.36 Å². The van der Waals surface area contributed by atoms with Crippen LogP contribution >= 0.6 is 11.8 Å². The van der Waals surface area contributed by atoms with E-state index in [-0.39, 0.29) is 18.3 Å². The summed E-state index contributed by atoms with van der Waals surface area (Å²) >= 11 is 1.35. The maximum Gasteiger partial charge on any atom is 0.234 e. The van der Waals surface area contributed by atoms with Gasteiger partial charge in [0.05, 0.1) is 5.75 Å². The van der Waals surface area contributed by atoms with Gasteiger partial charge in [0.1, 0.15) is 12.4 Å². The summed E-state index contributed by atoms with van der Waals surface area (Å²) in [6, 6.07) is 18.2. The van der Waals surface area contributed by atoms with Crippen LogP contribution < -0.4 is 10.1 Å². The molecule has 1 amide bonds. The van der Waals surface area contributed by atoms with E-state index in [0.717, 1.165) is 28.1 Å². The van der Waals surface area contributed by atoms with Crippen molar-refractivity contribution in [2.24, 2.45) is 0 Å². The Bertz CT molecular complexity index is 1350. The number of fused-ring (bicyclic) bond motifs is 1. The molecule has 34 heavy (non-hydrogen) atoms. The monoisotopic (exact) mass is 472 g/mol. The molecule has 0 saturated carbocycles. The second-order valence-corrected chi connectivity index (χ2v) is 9.02. The molecule has 0 spiro atoms. The number of carbonyl (C=O) groups excluding carboxylic acids is 1. The third kappa shape index (κ3) is 5.15. The van der Waals surface area contributed by atoms with Crippen molar-refractivity contribution < 1.29 is 9.53 Å². The molecular formula is C27H28N4O2S. The minimum Gasteiger partial charge on any atom is -0.485 e. The summed E-state index contributed by atoms with van der Waals surface area (Å²) in [4.78, 5) is 12.5. The zero-order valence-corrected chi connectivity index (χ0v) is 20.5. The molecule has 0 radical (unpaired) electrons. The predicted octanol–water partition coefficient (Wildman–Crippen LogP) is 5.85. The lowest BCUT2D eigenvalue weighted by Gasteiger charge is -2.12. The number of rotatable bonds is 9. The molecule has 3 aromatic carbocycles. The van der Waals surface area contributed by atoms with Gasteiger partial charge in [0, 0.05) is 12.2 Å². The molecule has 6 nitrogen and oxygen atoms in total. The molecule has 0 fully saturated rings. The van der Waals surface area contributed by atoms with Crippen molar-refractivity contribution in [2.75, 3.05) is 11.1 Å². The van der Waals surface area contributed by atoms with Gasteiger partial charge in [0.25, 0.3) is 0 Å². The standard InChI is InChI=1S/C27H28N4O2S/c1-5-15-31-25(16-33-24-14-13-21-10-6-7-11-22(21)20(24)4)29-30-27(31)34-17-26(32)28-23-12-8-9-18(2)19(23)3/h5-14H,1,15-17H2,2-4H3,(H,28,32). The molecule has 1 aromatic heterocycles. The molecule has 7 heteroatoms. The molecule has 0 unspecified atom stereocenters. The number of amides is 1. The number of nitrogens with zero attached hydrogens (tertiary/aromatic N) is 3. The molecular weight excluding hydrogens is 444 g/mol. The van der Waals surface area contributed by atoms with Crippen molar-refractivity contribution in [1.82, 2.24) is 14.8 Å². The van der Waals surface area contributed by atoms with Crippen LogP contribution in [0.25, 0.3) is 10.8 Å². The Morgan fingerprint density at radius 3 is 2.71 bits per heavy atom. The fourth-order valence-electron chi connectivity index (χ4n) is 3.75. The van der Waals surface area contributed by atoms with E-state index in [9.17, 15) is 4.79 Å². The summed E-state index contributed by atoms with van der Waals surface area (Å²) in [5.41, 5.74) is 4.13. The van der Waals surface area contributed by atoms with Crippen LogP contribution in [-0.2, 0) is 17.9 Å². The van der Waals surface area contributed by atoms with Gasteiger partial charge in [0.15, 0.2) is 11.0 Å². The summed E-state index contributed by atoms with van der Waals surface area (Å²) < 4.78 is 8.04. The molecule has 174 valence electrons. The fraction of sp³-hybridized carbons (Fsp3) is 0.222. The number of thioether (sulfide) groups is 1. The number of ether oxygens (including phenoxy) is 1. The zero-order valence-electron chi connectivity index (χ0n) is 19.7. The van der Waals surface area contributed by atoms with E-state index in [1.54, 1.807) is 6.08 Å². The molecule has 0 atom stereocenters. The average molecular weight is 473 g/mol. The third-order valence-corrected chi connectivity index (χ3v) is 6.79. The van der Waals surface area contributed by atoms with Crippen LogP contribution in [0.5, 0.6) is 5.75 Å². The Kier molecular flexibility index (Phi) is 7.33. The SMILES string of the molecule is C=CCn1c(COc2ccc3ccccc3c2C)nnc1SCC(=O)Nc1cccc(C)c1C. The summed E-state index contributed by atoms with van der Waals surface area (Å²) in [5, 5.41) is 14.6. The normalized spacial score (nSPS) is 10.9. The highest BCUT2D eigenvalue weighted by atomic mass is 32.2. The van der Waals surface area contributed by atoms with Crippen LogP contribution in [0.2, 0.25) is 0 Å². The number of hydrogen-bond donors (Lipinski definition) is 1. The van der Waals surface area contributed by atoms with Gasteiger partial charge in [-0.05, 0) is 60.4 Å². The Hall–Kier alpha value is -3.58. The van der Waals surface area contributed by atoms with Crippen molar-refractivity contribution in [3.8, 4) is 5.75 Å². The van der Waals surface area contributed by atoms with Gasteiger partial charge in [-0.2, -0.15) is 0 Å². The van der Waals surface area contributed by atoms with Crippen LogP contribution in [0.4, 0.5) is 5.69 Å². The molecule has 4 rings (SSSR count). The highest BCUT2D eigenvalue weighted by molar-refractivity contribution is 7.99. The number of nitrogens with one attached hydrogen (secondary N) is 1. The Morgan fingerprint density at radius 1 is 1.06 bits per heavy atom. The van der Waals surface area contributed by atoms with Crippen LogP contribution in [0.15, 0.2) is 72.4 Å². The van der Waals surface area contributed by atoms with Crippen LogP contribution in [0.1, 0.15) is 22.5 Å². The molecule has 0 saturated heterocycles. The van der Waals surface area contributed by atoms with E-state index in [1.165, 1.54) is 22.5 Å². The summed E-state index contributed by atoms with van der Waals surface area (Å²) in [5.74, 6) is 1.64. The highest BCUT2D eigenvalue weighted by Gasteiger charge is 2.15. The Balaban J connectivity index is 1.43. The first kappa shape index (κ1) is 23.6. The van der Waals surface area contributed by atoms with Crippen molar-refractivity contribution in [3.05, 3.63) is 89.8 Å². The van der Waals surface area contributed by atoms with Crippen LogP contribution in [0, 0.1) is 20.8 Å². The topological polar surface area (TPSA) is 69.0 Å². The van der Waals surface area contributed by atoms with Gasteiger partial charge >= 0.3 is 0 Å². The van der Waals surface area contributed by atoms with E-state index in [2.05, 4.69) is 47.2 Å². The number of aryl methyl sites for hydroxylation is 2. The molecule has 0 aliphatic carbocycles. The summed E-state index contributed by atoms with van der Waals surface area (Å²) in [7, 11) is 0. The number of hydrogen-bond acceptors (Lipinski definition) is 5. The Morgan fingerprint density at radius 2 is 1.88 bits per heavy atom. The molecule has 0 aliphatic heterocycles. The first-order valence-corrected chi connectivity index (χ1v) is 12.1. The number of allylic oxidation sites excluding steroid dienone is 1. The lowest BCUT2D eigenvalue weighted by Crippen LogP contribution is -2.16. The second kappa shape index (κ2) is 10.6. The predicted molar refractivity (Wildman–Crippen MR) is 139 cm³/mol. The van der Waals surface area contributed by atoms with E-state index >= 15 is 0 Å². The zero-order chi connectivity index (χ0) is 24.1. The number of carbonyl (C=O) groups is 1. The van der Waals surface area contributed by atoms with Crippen molar-refractivity contribution in [3.63, 3.8) is 0 Å². The first-order valence-electron chi connectivity index (χ1n) is 11.1. The van der Waals surface area contributed by atoms with Crippen molar-refractivity contribution >= 4 is 34.1 Å². The van der Waals surface area contributed by atoms with Crippen molar-refractivity contribution in [1.29, 1.82) is 0 Å². The molecule has 1 N–H and O–H groups in total. The Labute approximate surface area is 204 Å². The van der Waals surface area contributed by atoms with Gasteiger partial charge in [-0.15, -0.1) is 16.8 Å². The molecule has 0 aliphatic rings. The average Bonchev–Trinajstić information content (AvgIpc) is 3.22. The largest absolute Gasteiger partial charge is 0.485 e. The smallest absolute Gasteiger partial charge is 0.234 e. The van der Waals surface area contributed by atoms with Gasteiger partial charge in [-0.25, -0.2) is 0 Å². The minimum absolute atomic E-state index is 0.0866. The van der Waals surface area contributed by atoms with E-state index in [1.807, 2.05) is 54.8 Å². The number of benzene rings is 3. The van der Waals surface area contributed by atoms with Gasteiger partial charge in [-0.1, -0.05) is 60.3 Å². The van der Waals surface area contributed by atoms with Gasteiger partial charge in [0.2, 0.25) is 5.91 Å². The summed E-state index contributed by atoms with van der Waals surface area (Å²) in [6.07, 6.45) is 1.79. The molecule has 0 bridgehead atoms. The maximum atomic E-state index is 12.5.